The molecular weight excluding hydrogens is 350 g/mol. The van der Waals surface area contributed by atoms with Crippen LogP contribution < -0.4 is 3.38 Å². The normalized spacial score (nSPS) is 14.2. The molecule has 1 aliphatic rings. The van der Waals surface area contributed by atoms with Crippen LogP contribution in [0.4, 0.5) is 5.69 Å². The predicted molar refractivity (Wildman–Crippen MR) is 109 cm³/mol. The zero-order chi connectivity index (χ0) is 19.1. The van der Waals surface area contributed by atoms with Crippen molar-refractivity contribution in [1.29, 1.82) is 0 Å². The first-order chi connectivity index (χ1) is 12.2. The van der Waals surface area contributed by atoms with Gasteiger partial charge in [0, 0.05) is 0 Å². The van der Waals surface area contributed by atoms with Crippen LogP contribution in [0.2, 0.25) is 0 Å². The van der Waals surface area contributed by atoms with E-state index >= 15 is 0 Å². The van der Waals surface area contributed by atoms with Crippen molar-refractivity contribution < 1.29 is 20.7 Å². The Morgan fingerprint density at radius 3 is 2.15 bits per heavy atom. The summed E-state index contributed by atoms with van der Waals surface area (Å²) in [7, 11) is 0. The van der Waals surface area contributed by atoms with Gasteiger partial charge in [0.15, 0.2) is 0 Å². The van der Waals surface area contributed by atoms with Crippen LogP contribution in [0.3, 0.4) is 0 Å². The zero-order valence-corrected chi connectivity index (χ0v) is 18.3. The Kier molecular flexibility index (Phi) is 5.33. The molecule has 0 saturated carbocycles. The minimum atomic E-state index is -0.114. The second-order valence-electron chi connectivity index (χ2n) is 7.96. The van der Waals surface area contributed by atoms with Crippen LogP contribution in [0.25, 0.3) is 5.57 Å². The molecule has 1 nitrogen and oxygen atoms in total. The second kappa shape index (κ2) is 7.21. The molecule has 0 aromatic heterocycles. The van der Waals surface area contributed by atoms with Crippen molar-refractivity contribution in [2.24, 2.45) is 0 Å². The summed E-state index contributed by atoms with van der Waals surface area (Å²) in [6, 6.07) is 13.5. The molecular formula is C24H28NTi. The van der Waals surface area contributed by atoms with Crippen molar-refractivity contribution in [3.63, 3.8) is 0 Å². The van der Waals surface area contributed by atoms with E-state index in [1.807, 2.05) is 0 Å². The molecule has 0 aliphatic heterocycles. The van der Waals surface area contributed by atoms with E-state index in [0.29, 0.717) is 0 Å². The molecule has 0 atom stereocenters. The quantitative estimate of drug-likeness (QED) is 0.546. The molecule has 2 heteroatoms. The van der Waals surface area contributed by atoms with Crippen molar-refractivity contribution in [2.45, 2.75) is 53.5 Å². The van der Waals surface area contributed by atoms with E-state index in [1.54, 1.807) is 0 Å². The van der Waals surface area contributed by atoms with Crippen LogP contribution in [0, 0.1) is 20.8 Å². The van der Waals surface area contributed by atoms with Crippen LogP contribution in [-0.4, -0.2) is 0 Å². The molecule has 133 valence electrons. The number of allylic oxidation sites excluding steroid dienone is 4. The van der Waals surface area contributed by atoms with Crippen molar-refractivity contribution in [3.05, 3.63) is 81.9 Å². The third-order valence-corrected chi connectivity index (χ3v) is 6.72. The number of hydrogen-bond acceptors (Lipinski definition) is 1. The van der Waals surface area contributed by atoms with Gasteiger partial charge in [-0.2, -0.15) is 0 Å². The van der Waals surface area contributed by atoms with E-state index in [9.17, 15) is 0 Å². The van der Waals surface area contributed by atoms with Crippen molar-refractivity contribution in [1.82, 2.24) is 0 Å². The second-order valence-corrected chi connectivity index (χ2v) is 8.65. The molecule has 1 aliphatic carbocycles. The third-order valence-electron chi connectivity index (χ3n) is 5.50. The van der Waals surface area contributed by atoms with Gasteiger partial charge in [-0.1, -0.05) is 0 Å². The average molecular weight is 378 g/mol. The fraction of sp³-hybridized carbons (Fsp3) is 0.333. The van der Waals surface area contributed by atoms with Gasteiger partial charge in [0.1, 0.15) is 0 Å². The Balaban J connectivity index is 2.11. The molecule has 2 aromatic rings. The Labute approximate surface area is 170 Å². The van der Waals surface area contributed by atoms with E-state index in [1.165, 1.54) is 44.7 Å². The minimum absolute atomic E-state index is 0.114. The fourth-order valence-corrected chi connectivity index (χ4v) is 4.88. The van der Waals surface area contributed by atoms with Gasteiger partial charge in [-0.05, 0) is 0 Å². The summed E-state index contributed by atoms with van der Waals surface area (Å²) in [6.07, 6.45) is 5.55. The first-order valence-corrected chi connectivity index (χ1v) is 9.99. The molecule has 0 N–H and O–H groups in total. The molecule has 0 saturated heterocycles. The van der Waals surface area contributed by atoms with E-state index in [-0.39, 0.29) is 5.54 Å². The molecule has 0 bridgehead atoms. The van der Waals surface area contributed by atoms with E-state index < -0.39 is 0 Å². The molecule has 3 rings (SSSR count). The van der Waals surface area contributed by atoms with Gasteiger partial charge < -0.3 is 0 Å². The van der Waals surface area contributed by atoms with E-state index in [2.05, 4.69) is 114 Å². The number of aryl methyl sites for hydroxylation is 3. The maximum absolute atomic E-state index is 2.45. The van der Waals surface area contributed by atoms with Gasteiger partial charge in [0.2, 0.25) is 0 Å². The van der Waals surface area contributed by atoms with Crippen LogP contribution in [0.15, 0.2) is 54.1 Å². The summed E-state index contributed by atoms with van der Waals surface area (Å²) in [4.78, 5) is 0. The summed E-state index contributed by atoms with van der Waals surface area (Å²) in [5, 5.41) is 0. The van der Waals surface area contributed by atoms with Crippen LogP contribution in [0.5, 0.6) is 0 Å². The van der Waals surface area contributed by atoms with Crippen LogP contribution in [-0.2, 0) is 26.2 Å². The number of nitrogens with zero attached hydrogens (tertiary/aromatic N) is 1. The van der Waals surface area contributed by atoms with Crippen LogP contribution in [0.1, 0.15) is 55.0 Å². The Morgan fingerprint density at radius 2 is 1.58 bits per heavy atom. The molecule has 0 fully saturated rings. The standard InChI is InChI=1S/C24H28N.Ti/c1-16-14-18(3)23(19(4)15-16)25-24(5,6)22-13-8-7-11-21(22)20-12-9-10-17(20)2;/h7-11,13-15H,12H2,1-6H3;/q-1;+1. The van der Waals surface area contributed by atoms with Gasteiger partial charge in [0.25, 0.3) is 0 Å². The number of benzene rings is 2. The molecule has 0 heterocycles. The summed E-state index contributed by atoms with van der Waals surface area (Å²) in [5.41, 5.74) is 10.9. The van der Waals surface area contributed by atoms with Crippen LogP contribution >= 0.6 is 0 Å². The summed E-state index contributed by atoms with van der Waals surface area (Å²) >= 11 is 2.23. The maximum atomic E-state index is 2.45. The monoisotopic (exact) mass is 378 g/mol. The van der Waals surface area contributed by atoms with Gasteiger partial charge in [-0.25, -0.2) is 0 Å². The average Bonchev–Trinajstić information content (AvgIpc) is 2.99. The third kappa shape index (κ3) is 3.35. The molecule has 0 spiro atoms. The Bertz CT molecular complexity index is 879. The molecule has 0 unspecified atom stereocenters. The number of hydrogen-bond donors (Lipinski definition) is 0. The van der Waals surface area contributed by atoms with Gasteiger partial charge in [0.05, 0.1) is 0 Å². The first-order valence-electron chi connectivity index (χ1n) is 9.29. The summed E-state index contributed by atoms with van der Waals surface area (Å²) < 4.78 is 2.45. The molecule has 2 aromatic carbocycles. The molecule has 0 amide bonds. The topological polar surface area (TPSA) is 3.24 Å². The van der Waals surface area contributed by atoms with Gasteiger partial charge in [-0.3, -0.25) is 0 Å². The fourth-order valence-electron chi connectivity index (χ4n) is 4.14. The number of rotatable bonds is 4. The molecule has 26 heavy (non-hydrogen) atoms. The zero-order valence-electron chi connectivity index (χ0n) is 16.8. The van der Waals surface area contributed by atoms with E-state index in [0.717, 1.165) is 6.42 Å². The number of anilines is 1. The van der Waals surface area contributed by atoms with Crippen molar-refractivity contribution in [2.75, 3.05) is 3.38 Å². The molecule has 0 radical (unpaired) electrons. The SMILES string of the molecule is CC1=C(c2ccccc2C(C)(C)[N]([Ti])c2c(C)cc(C)cc2C)CC=C1. The van der Waals surface area contributed by atoms with Crippen molar-refractivity contribution in [3.8, 4) is 0 Å². The van der Waals surface area contributed by atoms with Gasteiger partial charge >= 0.3 is 171 Å². The first kappa shape index (κ1) is 19.2. The Morgan fingerprint density at radius 1 is 0.962 bits per heavy atom. The van der Waals surface area contributed by atoms with Gasteiger partial charge in [-0.15, -0.1) is 0 Å². The Hall–Kier alpha value is -1.57. The summed E-state index contributed by atoms with van der Waals surface area (Å²) in [5.74, 6) is 0. The van der Waals surface area contributed by atoms with Crippen molar-refractivity contribution >= 4 is 11.3 Å². The predicted octanol–water partition coefficient (Wildman–Crippen LogP) is 6.55. The van der Waals surface area contributed by atoms with E-state index in [4.69, 9.17) is 0 Å². The summed E-state index contributed by atoms with van der Waals surface area (Å²) in [6.45, 7) is 13.5.